The van der Waals surface area contributed by atoms with Crippen LogP contribution in [0, 0.1) is 11.7 Å². The first-order valence-corrected chi connectivity index (χ1v) is 8.93. The lowest BCUT2D eigenvalue weighted by molar-refractivity contribution is 0.287. The van der Waals surface area contributed by atoms with E-state index in [0.29, 0.717) is 31.4 Å². The lowest BCUT2D eigenvalue weighted by atomic mass is 9.94. The highest BCUT2D eigenvalue weighted by molar-refractivity contribution is 5.21. The molecule has 25 heavy (non-hydrogen) atoms. The minimum atomic E-state index is -0.298. The zero-order valence-electron chi connectivity index (χ0n) is 14.6. The Bertz CT molecular complexity index is 733. The van der Waals surface area contributed by atoms with E-state index < -0.39 is 0 Å². The van der Waals surface area contributed by atoms with E-state index >= 15 is 0 Å². The van der Waals surface area contributed by atoms with Crippen molar-refractivity contribution in [3.63, 3.8) is 0 Å². The van der Waals surface area contributed by atoms with E-state index in [1.54, 1.807) is 16.7 Å². The molecule has 0 saturated carbocycles. The normalized spacial score (nSPS) is 15.4. The third kappa shape index (κ3) is 4.48. The molecule has 1 fully saturated rings. The van der Waals surface area contributed by atoms with Gasteiger partial charge >= 0.3 is 5.69 Å². The van der Waals surface area contributed by atoms with Crippen molar-refractivity contribution in [2.45, 2.75) is 39.3 Å². The molecule has 0 unspecified atom stereocenters. The van der Waals surface area contributed by atoms with E-state index in [4.69, 9.17) is 4.74 Å². The topological polar surface area (TPSA) is 61.1 Å². The first-order valence-electron chi connectivity index (χ1n) is 8.93. The average molecular weight is 348 g/mol. The maximum Gasteiger partial charge on any atom is 0.346 e. The Kier molecular flexibility index (Phi) is 5.86. The summed E-state index contributed by atoms with van der Waals surface area (Å²) in [4.78, 5) is 12.5. The molecule has 1 saturated heterocycles. The van der Waals surface area contributed by atoms with Crippen LogP contribution in [0.1, 0.15) is 25.6 Å². The van der Waals surface area contributed by atoms with Crippen molar-refractivity contribution in [1.82, 2.24) is 19.7 Å². The number of benzene rings is 1. The molecule has 136 valence electrons. The third-order valence-corrected chi connectivity index (χ3v) is 4.63. The van der Waals surface area contributed by atoms with Gasteiger partial charge in [0.05, 0.1) is 6.54 Å². The third-order valence-electron chi connectivity index (χ3n) is 4.63. The fraction of sp³-hybridized carbons (Fsp3) is 0.556. The van der Waals surface area contributed by atoms with E-state index in [1.807, 2.05) is 6.92 Å². The van der Waals surface area contributed by atoms with Crippen LogP contribution in [0.15, 0.2) is 29.1 Å². The van der Waals surface area contributed by atoms with Crippen LogP contribution in [0.4, 0.5) is 4.39 Å². The van der Waals surface area contributed by atoms with Crippen molar-refractivity contribution < 1.29 is 9.13 Å². The van der Waals surface area contributed by atoms with Crippen molar-refractivity contribution in [2.24, 2.45) is 5.92 Å². The Morgan fingerprint density at radius 1 is 1.28 bits per heavy atom. The molecule has 7 heteroatoms. The van der Waals surface area contributed by atoms with Gasteiger partial charge in [0.25, 0.3) is 0 Å². The Labute approximate surface area is 146 Å². The lowest BCUT2D eigenvalue weighted by Crippen LogP contribution is -2.30. The van der Waals surface area contributed by atoms with Crippen molar-refractivity contribution in [3.8, 4) is 5.75 Å². The van der Waals surface area contributed by atoms with E-state index in [9.17, 15) is 9.18 Å². The van der Waals surface area contributed by atoms with Crippen molar-refractivity contribution in [3.05, 3.63) is 46.4 Å². The zero-order chi connectivity index (χ0) is 17.6. The quantitative estimate of drug-likeness (QED) is 0.829. The van der Waals surface area contributed by atoms with Crippen molar-refractivity contribution in [2.75, 3.05) is 19.7 Å². The van der Waals surface area contributed by atoms with Crippen LogP contribution in [-0.2, 0) is 19.5 Å². The van der Waals surface area contributed by atoms with Crippen molar-refractivity contribution >= 4 is 0 Å². The monoisotopic (exact) mass is 348 g/mol. The summed E-state index contributed by atoms with van der Waals surface area (Å²) in [5.41, 5.74) is -0.0888. The Morgan fingerprint density at radius 3 is 2.68 bits per heavy atom. The molecule has 0 spiro atoms. The average Bonchev–Trinajstić information content (AvgIpc) is 2.92. The summed E-state index contributed by atoms with van der Waals surface area (Å²) in [6, 6.07) is 5.85. The first kappa shape index (κ1) is 17.7. The number of nitrogens with one attached hydrogen (secondary N) is 1. The van der Waals surface area contributed by atoms with Gasteiger partial charge in [0, 0.05) is 13.0 Å². The summed E-state index contributed by atoms with van der Waals surface area (Å²) in [6.45, 7) is 5.36. The second-order valence-electron chi connectivity index (χ2n) is 6.37. The van der Waals surface area contributed by atoms with Crippen molar-refractivity contribution in [1.29, 1.82) is 0 Å². The van der Waals surface area contributed by atoms with Gasteiger partial charge in [-0.1, -0.05) is 0 Å². The fourth-order valence-corrected chi connectivity index (χ4v) is 3.23. The van der Waals surface area contributed by atoms with Gasteiger partial charge in [-0.25, -0.2) is 13.9 Å². The molecule has 1 aromatic carbocycles. The molecule has 0 atom stereocenters. The number of aromatic nitrogens is 3. The molecular formula is C18H25FN4O2. The molecule has 3 rings (SSSR count). The number of hydrogen-bond donors (Lipinski definition) is 1. The van der Waals surface area contributed by atoms with Gasteiger partial charge in [-0.15, -0.1) is 0 Å². The maximum absolute atomic E-state index is 12.9. The lowest BCUT2D eigenvalue weighted by Gasteiger charge is -2.21. The summed E-state index contributed by atoms with van der Waals surface area (Å²) in [5.74, 6) is 1.73. The number of nitrogens with zero attached hydrogens (tertiary/aromatic N) is 3. The summed E-state index contributed by atoms with van der Waals surface area (Å²) < 4.78 is 21.7. The highest BCUT2D eigenvalue weighted by atomic mass is 19.1. The van der Waals surface area contributed by atoms with Crippen LogP contribution in [-0.4, -0.2) is 34.0 Å². The van der Waals surface area contributed by atoms with Gasteiger partial charge in [-0.2, -0.15) is 5.10 Å². The van der Waals surface area contributed by atoms with E-state index in [1.165, 1.54) is 16.8 Å². The number of rotatable bonds is 7. The molecule has 1 aromatic heterocycles. The Morgan fingerprint density at radius 2 is 2.00 bits per heavy atom. The van der Waals surface area contributed by atoms with E-state index in [-0.39, 0.29) is 11.5 Å². The first-order chi connectivity index (χ1) is 12.2. The molecule has 0 radical (unpaired) electrons. The van der Waals surface area contributed by atoms with Gasteiger partial charge in [0.2, 0.25) is 0 Å². The highest BCUT2D eigenvalue weighted by Gasteiger charge is 2.19. The molecular weight excluding hydrogens is 323 g/mol. The summed E-state index contributed by atoms with van der Waals surface area (Å²) in [7, 11) is 0. The second-order valence-corrected chi connectivity index (χ2v) is 6.37. The van der Waals surface area contributed by atoms with Gasteiger partial charge in [-0.05, 0) is 63.0 Å². The fourth-order valence-electron chi connectivity index (χ4n) is 3.23. The van der Waals surface area contributed by atoms with Crippen LogP contribution < -0.4 is 15.7 Å². The molecule has 1 N–H and O–H groups in total. The molecule has 1 aliphatic rings. The van der Waals surface area contributed by atoms with Crippen LogP contribution in [0.5, 0.6) is 5.75 Å². The predicted octanol–water partition coefficient (Wildman–Crippen LogP) is 1.82. The zero-order valence-corrected chi connectivity index (χ0v) is 14.6. The molecule has 0 amide bonds. The van der Waals surface area contributed by atoms with E-state index in [2.05, 4.69) is 10.4 Å². The highest BCUT2D eigenvalue weighted by Crippen LogP contribution is 2.16. The van der Waals surface area contributed by atoms with Gasteiger partial charge in [0.15, 0.2) is 0 Å². The van der Waals surface area contributed by atoms with Crippen LogP contribution >= 0.6 is 0 Å². The summed E-state index contributed by atoms with van der Waals surface area (Å²) in [5, 5.41) is 7.89. The second kappa shape index (κ2) is 8.29. The minimum Gasteiger partial charge on any atom is -0.492 e. The van der Waals surface area contributed by atoms with Gasteiger partial charge in [0.1, 0.15) is 24.0 Å². The standard InChI is InChI=1S/C18H25FN4O2/c1-2-22-17(13-14-7-9-20-10-8-14)21-23(18(22)24)11-12-25-16-5-3-15(19)4-6-16/h3-6,14,20H,2,7-13H2,1H3. The molecule has 1 aliphatic heterocycles. The number of piperidine rings is 1. The number of hydrogen-bond acceptors (Lipinski definition) is 4. The number of halogens is 1. The molecule has 0 aliphatic carbocycles. The maximum atomic E-state index is 12.9. The van der Waals surface area contributed by atoms with Crippen LogP contribution in [0.25, 0.3) is 0 Å². The van der Waals surface area contributed by atoms with Gasteiger partial charge in [-0.3, -0.25) is 4.57 Å². The smallest absolute Gasteiger partial charge is 0.346 e. The minimum absolute atomic E-state index is 0.0888. The largest absolute Gasteiger partial charge is 0.492 e. The summed E-state index contributed by atoms with van der Waals surface area (Å²) in [6.07, 6.45) is 3.09. The van der Waals surface area contributed by atoms with Crippen LogP contribution in [0.3, 0.4) is 0 Å². The van der Waals surface area contributed by atoms with E-state index in [0.717, 1.165) is 38.2 Å². The summed E-state index contributed by atoms with van der Waals surface area (Å²) >= 11 is 0. The Balaban J connectivity index is 1.62. The molecule has 0 bridgehead atoms. The molecule has 2 aromatic rings. The Hall–Kier alpha value is -2.15. The molecule has 2 heterocycles. The predicted molar refractivity (Wildman–Crippen MR) is 93.4 cm³/mol. The SMILES string of the molecule is CCn1c(CC2CCNCC2)nn(CCOc2ccc(F)cc2)c1=O. The molecule has 6 nitrogen and oxygen atoms in total. The van der Waals surface area contributed by atoms with Gasteiger partial charge < -0.3 is 10.1 Å². The number of ether oxygens (including phenoxy) is 1. The van der Waals surface area contributed by atoms with Crippen LogP contribution in [0.2, 0.25) is 0 Å².